The molecule has 1 heterocycles. The summed E-state index contributed by atoms with van der Waals surface area (Å²) in [5.74, 6) is -0.354. The second-order valence-electron chi connectivity index (χ2n) is 9.51. The molecule has 1 aliphatic rings. The average Bonchev–Trinajstić information content (AvgIpc) is 2.93. The van der Waals surface area contributed by atoms with Crippen molar-refractivity contribution in [3.8, 4) is 0 Å². The van der Waals surface area contributed by atoms with E-state index in [9.17, 15) is 26.4 Å². The van der Waals surface area contributed by atoms with Gasteiger partial charge in [-0.1, -0.05) is 36.4 Å². The number of nitrogens with one attached hydrogen (secondary N) is 2. The largest absolute Gasteiger partial charge is 0.416 e. The van der Waals surface area contributed by atoms with Crippen molar-refractivity contribution in [3.05, 3.63) is 119 Å². The summed E-state index contributed by atoms with van der Waals surface area (Å²) in [7, 11) is -4.14. The van der Waals surface area contributed by atoms with E-state index in [1.165, 1.54) is 41.6 Å². The second kappa shape index (κ2) is 11.1. The number of hydrogen-bond donors (Lipinski definition) is 2. The molecule has 4 aromatic carbocycles. The Morgan fingerprint density at radius 1 is 0.850 bits per heavy atom. The molecule has 1 aliphatic heterocycles. The fourth-order valence-corrected chi connectivity index (χ4v) is 5.70. The van der Waals surface area contributed by atoms with E-state index < -0.39 is 21.8 Å². The highest BCUT2D eigenvalue weighted by Gasteiger charge is 2.30. The van der Waals surface area contributed by atoms with Crippen molar-refractivity contribution >= 4 is 33.0 Å². The number of carbonyl (C=O) groups excluding carboxylic acids is 1. The molecule has 2 N–H and O–H groups in total. The number of aryl methyl sites for hydroxylation is 1. The highest BCUT2D eigenvalue weighted by atomic mass is 32.2. The van der Waals surface area contributed by atoms with Gasteiger partial charge in [-0.25, -0.2) is 8.42 Å². The van der Waals surface area contributed by atoms with E-state index in [-0.39, 0.29) is 16.5 Å². The first-order valence-electron chi connectivity index (χ1n) is 12.6. The van der Waals surface area contributed by atoms with Crippen molar-refractivity contribution < 1.29 is 26.4 Å². The van der Waals surface area contributed by atoms with Gasteiger partial charge >= 0.3 is 6.18 Å². The lowest BCUT2D eigenvalue weighted by Crippen LogP contribution is -2.28. The summed E-state index contributed by atoms with van der Waals surface area (Å²) < 4.78 is 66.3. The molecule has 0 unspecified atom stereocenters. The van der Waals surface area contributed by atoms with Crippen LogP contribution in [0.3, 0.4) is 0 Å². The van der Waals surface area contributed by atoms with Gasteiger partial charge in [0.15, 0.2) is 0 Å². The maximum absolute atomic E-state index is 12.9. The van der Waals surface area contributed by atoms with E-state index in [0.29, 0.717) is 11.3 Å². The summed E-state index contributed by atoms with van der Waals surface area (Å²) in [6.07, 6.45) is -2.43. The number of benzene rings is 4. The molecule has 0 aliphatic carbocycles. The summed E-state index contributed by atoms with van der Waals surface area (Å²) in [6.45, 7) is 1.71. The molecule has 0 bridgehead atoms. The lowest BCUT2D eigenvalue weighted by molar-refractivity contribution is -0.137. The molecular weight excluding hydrogens is 539 g/mol. The topological polar surface area (TPSA) is 78.5 Å². The molecule has 206 valence electrons. The van der Waals surface area contributed by atoms with Crippen LogP contribution in [0.2, 0.25) is 0 Å². The molecule has 5 rings (SSSR count). The fraction of sp³-hybridized carbons (Fsp3) is 0.167. The van der Waals surface area contributed by atoms with Gasteiger partial charge in [-0.3, -0.25) is 9.52 Å². The number of para-hydroxylation sites is 1. The monoisotopic (exact) mass is 565 g/mol. The Kier molecular flexibility index (Phi) is 7.53. The highest BCUT2D eigenvalue weighted by molar-refractivity contribution is 7.92. The van der Waals surface area contributed by atoms with Gasteiger partial charge in [0.1, 0.15) is 0 Å². The lowest BCUT2D eigenvalue weighted by Gasteiger charge is -2.31. The number of amides is 1. The Labute approximate surface area is 230 Å². The molecule has 0 fully saturated rings. The summed E-state index contributed by atoms with van der Waals surface area (Å²) in [5.41, 5.74) is 3.32. The van der Waals surface area contributed by atoms with Gasteiger partial charge in [0, 0.05) is 35.7 Å². The van der Waals surface area contributed by atoms with Crippen LogP contribution in [-0.2, 0) is 29.2 Å². The third-order valence-corrected chi connectivity index (χ3v) is 8.06. The molecule has 0 aromatic heterocycles. The molecule has 4 aromatic rings. The van der Waals surface area contributed by atoms with Crippen molar-refractivity contribution in [1.82, 2.24) is 0 Å². The first-order valence-corrected chi connectivity index (χ1v) is 14.1. The predicted molar refractivity (Wildman–Crippen MR) is 149 cm³/mol. The molecule has 0 radical (unpaired) electrons. The van der Waals surface area contributed by atoms with E-state index >= 15 is 0 Å². The molecule has 0 spiro atoms. The van der Waals surface area contributed by atoms with Crippen LogP contribution in [0, 0.1) is 0 Å². The number of anilines is 3. The van der Waals surface area contributed by atoms with Crippen LogP contribution >= 0.6 is 0 Å². The van der Waals surface area contributed by atoms with Gasteiger partial charge in [-0.05, 0) is 84.6 Å². The van der Waals surface area contributed by atoms with E-state index in [2.05, 4.69) is 33.1 Å². The minimum atomic E-state index is -4.60. The quantitative estimate of drug-likeness (QED) is 0.261. The van der Waals surface area contributed by atoms with E-state index in [0.717, 1.165) is 49.7 Å². The minimum Gasteiger partial charge on any atom is -0.367 e. The zero-order valence-electron chi connectivity index (χ0n) is 21.3. The summed E-state index contributed by atoms with van der Waals surface area (Å²) in [4.78, 5) is 14.9. The normalized spacial score (nSPS) is 13.4. The smallest absolute Gasteiger partial charge is 0.367 e. The lowest BCUT2D eigenvalue weighted by atomic mass is 10.0. The van der Waals surface area contributed by atoms with Crippen LogP contribution in [0.15, 0.2) is 102 Å². The molecule has 10 heteroatoms. The van der Waals surface area contributed by atoms with Gasteiger partial charge in [0.25, 0.3) is 15.9 Å². The van der Waals surface area contributed by atoms with E-state index in [4.69, 9.17) is 0 Å². The van der Waals surface area contributed by atoms with Crippen LogP contribution < -0.4 is 14.9 Å². The molecule has 6 nitrogen and oxygen atoms in total. The fourth-order valence-electron chi connectivity index (χ4n) is 4.65. The Balaban J connectivity index is 1.21. The Bertz CT molecular complexity index is 1620. The van der Waals surface area contributed by atoms with E-state index in [1.54, 1.807) is 12.1 Å². The van der Waals surface area contributed by atoms with Crippen LogP contribution in [0.5, 0.6) is 0 Å². The zero-order valence-corrected chi connectivity index (χ0v) is 22.1. The average molecular weight is 566 g/mol. The van der Waals surface area contributed by atoms with Gasteiger partial charge in [0.2, 0.25) is 0 Å². The van der Waals surface area contributed by atoms with Gasteiger partial charge in [0.05, 0.1) is 10.5 Å². The number of halogens is 3. The van der Waals surface area contributed by atoms with Gasteiger partial charge < -0.3 is 10.2 Å². The number of nitrogens with zero attached hydrogens (tertiary/aromatic N) is 1. The Morgan fingerprint density at radius 3 is 2.30 bits per heavy atom. The molecule has 0 saturated carbocycles. The maximum atomic E-state index is 12.9. The predicted octanol–water partition coefficient (Wildman–Crippen LogP) is 6.71. The minimum absolute atomic E-state index is 0.161. The second-order valence-corrected chi connectivity index (χ2v) is 11.2. The molecule has 0 saturated heterocycles. The van der Waals surface area contributed by atoms with Crippen LogP contribution in [-0.4, -0.2) is 20.9 Å². The van der Waals surface area contributed by atoms with Crippen LogP contribution in [0.4, 0.5) is 30.2 Å². The molecular formula is C30H26F3N3O3S. The molecule has 40 heavy (non-hydrogen) atoms. The first-order chi connectivity index (χ1) is 19.1. The number of hydrogen-bond acceptors (Lipinski definition) is 4. The first kappa shape index (κ1) is 27.3. The Hall–Kier alpha value is -4.31. The maximum Gasteiger partial charge on any atom is 0.416 e. The molecule has 0 atom stereocenters. The summed E-state index contributed by atoms with van der Waals surface area (Å²) >= 11 is 0. The molecule has 1 amide bonds. The van der Waals surface area contributed by atoms with Crippen molar-refractivity contribution in [3.63, 3.8) is 0 Å². The SMILES string of the molecule is O=C(Nc1ccc(S(=O)(=O)Nc2cccc(C(F)(F)F)c2)cc1)c1ccc(CN2CCCc3ccccc32)cc1. The summed E-state index contributed by atoms with van der Waals surface area (Å²) in [6, 6.07) is 25.0. The van der Waals surface area contributed by atoms with Gasteiger partial charge in [-0.15, -0.1) is 0 Å². The number of alkyl halides is 3. The third kappa shape index (κ3) is 6.28. The number of rotatable bonds is 7. The van der Waals surface area contributed by atoms with Crippen molar-refractivity contribution in [2.45, 2.75) is 30.5 Å². The zero-order chi connectivity index (χ0) is 28.3. The highest BCUT2D eigenvalue weighted by Crippen LogP contribution is 2.31. The van der Waals surface area contributed by atoms with Crippen molar-refractivity contribution in [2.75, 3.05) is 21.5 Å². The standard InChI is InChI=1S/C30H26F3N3O3S/c31-30(32,33)24-7-3-8-26(19-24)35-40(38,39)27-16-14-25(15-17-27)34-29(37)23-12-10-21(11-13-23)20-36-18-4-6-22-5-1-2-9-28(22)36/h1-3,5,7-17,19,35H,4,6,18,20H2,(H,34,37). The number of sulfonamides is 1. The van der Waals surface area contributed by atoms with Crippen molar-refractivity contribution in [2.24, 2.45) is 0 Å². The summed E-state index contributed by atoms with van der Waals surface area (Å²) in [5, 5.41) is 2.73. The van der Waals surface area contributed by atoms with Crippen molar-refractivity contribution in [1.29, 1.82) is 0 Å². The van der Waals surface area contributed by atoms with E-state index in [1.807, 2.05) is 18.2 Å². The third-order valence-electron chi connectivity index (χ3n) is 6.66. The van der Waals surface area contributed by atoms with Crippen LogP contribution in [0.25, 0.3) is 0 Å². The number of fused-ring (bicyclic) bond motifs is 1. The Morgan fingerprint density at radius 2 is 1.57 bits per heavy atom. The van der Waals surface area contributed by atoms with Gasteiger partial charge in [-0.2, -0.15) is 13.2 Å². The number of carbonyl (C=O) groups is 1. The van der Waals surface area contributed by atoms with Crippen LogP contribution in [0.1, 0.15) is 33.5 Å².